The maximum Gasteiger partial charge on any atom is 0.259 e. The Balaban J connectivity index is 1.69. The lowest BCUT2D eigenvalue weighted by molar-refractivity contribution is -0.137. The van der Waals surface area contributed by atoms with Crippen LogP contribution in [0.5, 0.6) is 0 Å². The van der Waals surface area contributed by atoms with Crippen LogP contribution in [0.25, 0.3) is 0 Å². The Morgan fingerprint density at radius 2 is 1.62 bits per heavy atom. The summed E-state index contributed by atoms with van der Waals surface area (Å²) < 4.78 is 1.55. The van der Waals surface area contributed by atoms with Gasteiger partial charge in [0.25, 0.3) is 5.91 Å². The molecule has 0 aliphatic heterocycles. The average Bonchev–Trinajstić information content (AvgIpc) is 3.29. The molecule has 0 spiro atoms. The van der Waals surface area contributed by atoms with Crippen LogP contribution in [0.2, 0.25) is 0 Å². The highest BCUT2D eigenvalue weighted by Crippen LogP contribution is 2.10. The van der Waals surface area contributed by atoms with Crippen LogP contribution in [0.4, 0.5) is 0 Å². The molecule has 148 valence electrons. The van der Waals surface area contributed by atoms with Crippen molar-refractivity contribution in [1.82, 2.24) is 20.1 Å². The first kappa shape index (κ1) is 20.0. The summed E-state index contributed by atoms with van der Waals surface area (Å²) in [7, 11) is 1.58. The van der Waals surface area contributed by atoms with E-state index < -0.39 is 6.04 Å². The van der Waals surface area contributed by atoms with E-state index in [1.54, 1.807) is 37.1 Å². The minimum Gasteiger partial charge on any atom is -0.335 e. The van der Waals surface area contributed by atoms with Crippen molar-refractivity contribution >= 4 is 17.5 Å². The quantitative estimate of drug-likeness (QED) is 0.498. The summed E-state index contributed by atoms with van der Waals surface area (Å²) >= 11 is 0. The van der Waals surface area contributed by atoms with Gasteiger partial charge in [-0.2, -0.15) is 10.2 Å². The second-order valence-corrected chi connectivity index (χ2v) is 6.58. The van der Waals surface area contributed by atoms with E-state index in [-0.39, 0.29) is 18.4 Å². The molecule has 1 heterocycles. The second kappa shape index (κ2) is 9.45. The number of rotatable bonds is 7. The first-order chi connectivity index (χ1) is 14.1. The van der Waals surface area contributed by atoms with Crippen LogP contribution in [0, 0.1) is 0 Å². The molecule has 0 fully saturated rings. The van der Waals surface area contributed by atoms with E-state index in [0.29, 0.717) is 5.71 Å². The molecule has 1 atom stereocenters. The standard InChI is InChI=1S/C22H23N5O2/c1-17(27-15-9-14-23-27)22(29)26(2)16-20(28)24-25-21(18-10-5-3-6-11-18)19-12-7-4-8-13-19/h3-15,17H,16H2,1-2H3,(H,24,28). The summed E-state index contributed by atoms with van der Waals surface area (Å²) in [4.78, 5) is 26.3. The number of aromatic nitrogens is 2. The van der Waals surface area contributed by atoms with Gasteiger partial charge in [-0.1, -0.05) is 60.7 Å². The zero-order valence-corrected chi connectivity index (χ0v) is 16.4. The van der Waals surface area contributed by atoms with E-state index in [4.69, 9.17) is 0 Å². The average molecular weight is 389 g/mol. The summed E-state index contributed by atoms with van der Waals surface area (Å²) in [6, 6.07) is 20.5. The number of benzene rings is 2. The molecular formula is C22H23N5O2. The van der Waals surface area contributed by atoms with Crippen LogP contribution in [-0.2, 0) is 9.59 Å². The molecule has 1 unspecified atom stereocenters. The van der Waals surface area contributed by atoms with Crippen LogP contribution in [0.15, 0.2) is 84.2 Å². The Kier molecular flexibility index (Phi) is 6.52. The number of carbonyl (C=O) groups is 2. The van der Waals surface area contributed by atoms with Gasteiger partial charge in [0, 0.05) is 30.6 Å². The largest absolute Gasteiger partial charge is 0.335 e. The topological polar surface area (TPSA) is 79.6 Å². The van der Waals surface area contributed by atoms with Crippen molar-refractivity contribution in [2.24, 2.45) is 5.10 Å². The fourth-order valence-corrected chi connectivity index (χ4v) is 2.88. The Hall–Kier alpha value is -3.74. The normalized spacial score (nSPS) is 11.4. The van der Waals surface area contributed by atoms with Gasteiger partial charge in [-0.15, -0.1) is 0 Å². The van der Waals surface area contributed by atoms with Crippen molar-refractivity contribution in [1.29, 1.82) is 0 Å². The fourth-order valence-electron chi connectivity index (χ4n) is 2.88. The molecule has 7 nitrogen and oxygen atoms in total. The summed E-state index contributed by atoms with van der Waals surface area (Å²) in [5, 5.41) is 8.41. The van der Waals surface area contributed by atoms with E-state index in [1.165, 1.54) is 4.90 Å². The van der Waals surface area contributed by atoms with Gasteiger partial charge in [-0.05, 0) is 13.0 Å². The van der Waals surface area contributed by atoms with Crippen molar-refractivity contribution in [3.05, 3.63) is 90.3 Å². The highest BCUT2D eigenvalue weighted by molar-refractivity contribution is 6.13. The third-order valence-electron chi connectivity index (χ3n) is 4.42. The molecular weight excluding hydrogens is 366 g/mol. The van der Waals surface area contributed by atoms with Crippen LogP contribution in [-0.4, -0.2) is 45.8 Å². The first-order valence-corrected chi connectivity index (χ1v) is 9.27. The van der Waals surface area contributed by atoms with Crippen LogP contribution >= 0.6 is 0 Å². The Morgan fingerprint density at radius 3 is 2.14 bits per heavy atom. The van der Waals surface area contributed by atoms with Crippen LogP contribution in [0.1, 0.15) is 24.1 Å². The van der Waals surface area contributed by atoms with Crippen LogP contribution < -0.4 is 5.43 Å². The predicted octanol–water partition coefficient (Wildman–Crippen LogP) is 2.47. The first-order valence-electron chi connectivity index (χ1n) is 9.27. The molecule has 0 bridgehead atoms. The van der Waals surface area contributed by atoms with Crippen molar-refractivity contribution in [3.63, 3.8) is 0 Å². The minimum atomic E-state index is -0.490. The molecule has 3 aromatic rings. The number of carbonyl (C=O) groups excluding carboxylic acids is 2. The fraction of sp³-hybridized carbons (Fsp3) is 0.182. The number of hydrogen-bond acceptors (Lipinski definition) is 4. The molecule has 3 rings (SSSR count). The lowest BCUT2D eigenvalue weighted by Crippen LogP contribution is -2.40. The Labute approximate surface area is 169 Å². The van der Waals surface area contributed by atoms with Gasteiger partial charge in [0.2, 0.25) is 5.91 Å². The van der Waals surface area contributed by atoms with Gasteiger partial charge in [-0.3, -0.25) is 14.3 Å². The smallest absolute Gasteiger partial charge is 0.259 e. The molecule has 0 saturated carbocycles. The third-order valence-corrected chi connectivity index (χ3v) is 4.42. The highest BCUT2D eigenvalue weighted by atomic mass is 16.2. The molecule has 0 saturated heterocycles. The molecule has 0 aliphatic rings. The Morgan fingerprint density at radius 1 is 1.03 bits per heavy atom. The maximum absolute atomic E-state index is 12.5. The third kappa shape index (κ3) is 5.16. The lowest BCUT2D eigenvalue weighted by atomic mass is 10.0. The minimum absolute atomic E-state index is 0.106. The zero-order chi connectivity index (χ0) is 20.6. The molecule has 0 aliphatic carbocycles. The van der Waals surface area contributed by atoms with Gasteiger partial charge in [0.15, 0.2) is 0 Å². The molecule has 7 heteroatoms. The summed E-state index contributed by atoms with van der Waals surface area (Å²) in [5.41, 5.74) is 4.99. The lowest BCUT2D eigenvalue weighted by Gasteiger charge is -2.20. The molecule has 29 heavy (non-hydrogen) atoms. The number of likely N-dealkylation sites (N-methyl/N-ethyl adjacent to an activating group) is 1. The number of amides is 2. The van der Waals surface area contributed by atoms with Gasteiger partial charge in [0.05, 0.1) is 5.71 Å². The highest BCUT2D eigenvalue weighted by Gasteiger charge is 2.21. The predicted molar refractivity (Wildman–Crippen MR) is 111 cm³/mol. The van der Waals surface area contributed by atoms with E-state index in [2.05, 4.69) is 15.6 Å². The van der Waals surface area contributed by atoms with Crippen molar-refractivity contribution in [2.75, 3.05) is 13.6 Å². The molecule has 0 radical (unpaired) electrons. The number of nitrogens with one attached hydrogen (secondary N) is 1. The molecule has 1 aromatic heterocycles. The van der Waals surface area contributed by atoms with Gasteiger partial charge in [0.1, 0.15) is 12.6 Å². The second-order valence-electron chi connectivity index (χ2n) is 6.58. The van der Waals surface area contributed by atoms with Crippen molar-refractivity contribution in [2.45, 2.75) is 13.0 Å². The maximum atomic E-state index is 12.5. The van der Waals surface area contributed by atoms with Crippen LogP contribution in [0.3, 0.4) is 0 Å². The van der Waals surface area contributed by atoms with E-state index >= 15 is 0 Å². The summed E-state index contributed by atoms with van der Waals surface area (Å²) in [5.74, 6) is -0.586. The van der Waals surface area contributed by atoms with E-state index in [9.17, 15) is 9.59 Å². The zero-order valence-electron chi connectivity index (χ0n) is 16.4. The number of hydrazone groups is 1. The van der Waals surface area contributed by atoms with E-state index in [0.717, 1.165) is 11.1 Å². The molecule has 2 aromatic carbocycles. The van der Waals surface area contributed by atoms with Gasteiger partial charge < -0.3 is 4.90 Å². The monoisotopic (exact) mass is 389 g/mol. The molecule has 1 N–H and O–H groups in total. The molecule has 2 amide bonds. The number of hydrogen-bond donors (Lipinski definition) is 1. The van der Waals surface area contributed by atoms with Crippen molar-refractivity contribution in [3.8, 4) is 0 Å². The van der Waals surface area contributed by atoms with E-state index in [1.807, 2.05) is 60.7 Å². The summed E-state index contributed by atoms with van der Waals surface area (Å²) in [6.45, 7) is 1.63. The van der Waals surface area contributed by atoms with Gasteiger partial charge >= 0.3 is 0 Å². The Bertz CT molecular complexity index is 927. The summed E-state index contributed by atoms with van der Waals surface area (Å²) in [6.07, 6.45) is 3.33. The number of nitrogens with zero attached hydrogens (tertiary/aromatic N) is 4. The van der Waals surface area contributed by atoms with Gasteiger partial charge in [-0.25, -0.2) is 5.43 Å². The SMILES string of the molecule is CC(C(=O)N(C)CC(=O)NN=C(c1ccccc1)c1ccccc1)n1cccn1. The van der Waals surface area contributed by atoms with Crippen molar-refractivity contribution < 1.29 is 9.59 Å².